The SMILES string of the molecule is O=C(CBr)OC1C=CCCC1. The van der Waals surface area contributed by atoms with Crippen molar-refractivity contribution < 1.29 is 9.53 Å². The fraction of sp³-hybridized carbons (Fsp3) is 0.625. The molecule has 0 aromatic heterocycles. The van der Waals surface area contributed by atoms with Crippen molar-refractivity contribution in [3.05, 3.63) is 12.2 Å². The molecule has 0 heterocycles. The molecule has 0 spiro atoms. The molecule has 0 fully saturated rings. The van der Waals surface area contributed by atoms with Crippen LogP contribution in [0.15, 0.2) is 12.2 Å². The molecule has 1 aliphatic rings. The summed E-state index contributed by atoms with van der Waals surface area (Å²) in [6.45, 7) is 0. The van der Waals surface area contributed by atoms with Crippen LogP contribution in [-0.4, -0.2) is 17.4 Å². The van der Waals surface area contributed by atoms with Crippen molar-refractivity contribution >= 4 is 21.9 Å². The van der Waals surface area contributed by atoms with E-state index in [-0.39, 0.29) is 17.4 Å². The largest absolute Gasteiger partial charge is 0.458 e. The molecular formula is C8H11BrO2. The van der Waals surface area contributed by atoms with Crippen molar-refractivity contribution in [2.45, 2.75) is 25.4 Å². The van der Waals surface area contributed by atoms with Gasteiger partial charge in [0.15, 0.2) is 0 Å². The van der Waals surface area contributed by atoms with Gasteiger partial charge >= 0.3 is 5.97 Å². The van der Waals surface area contributed by atoms with Crippen LogP contribution >= 0.6 is 15.9 Å². The minimum Gasteiger partial charge on any atom is -0.458 e. The summed E-state index contributed by atoms with van der Waals surface area (Å²) >= 11 is 3.04. The van der Waals surface area contributed by atoms with Gasteiger partial charge in [-0.15, -0.1) is 0 Å². The van der Waals surface area contributed by atoms with Gasteiger partial charge in [-0.1, -0.05) is 22.0 Å². The van der Waals surface area contributed by atoms with E-state index >= 15 is 0 Å². The van der Waals surface area contributed by atoms with E-state index in [1.807, 2.05) is 6.08 Å². The molecule has 0 aromatic carbocycles. The Balaban J connectivity index is 2.30. The van der Waals surface area contributed by atoms with Crippen molar-refractivity contribution in [2.75, 3.05) is 5.33 Å². The highest BCUT2D eigenvalue weighted by atomic mass is 79.9. The lowest BCUT2D eigenvalue weighted by Gasteiger charge is -2.15. The Morgan fingerprint density at radius 2 is 2.55 bits per heavy atom. The van der Waals surface area contributed by atoms with E-state index in [0.717, 1.165) is 19.3 Å². The maximum atomic E-state index is 10.8. The summed E-state index contributed by atoms with van der Waals surface area (Å²) in [5.74, 6) is -0.179. The van der Waals surface area contributed by atoms with Crippen molar-refractivity contribution in [2.24, 2.45) is 0 Å². The van der Waals surface area contributed by atoms with E-state index in [0.29, 0.717) is 0 Å². The standard InChI is InChI=1S/C8H11BrO2/c9-6-8(10)11-7-4-2-1-3-5-7/h2,4,7H,1,3,5-6H2. The number of carbonyl (C=O) groups is 1. The first-order chi connectivity index (χ1) is 5.33. The van der Waals surface area contributed by atoms with Crippen molar-refractivity contribution in [1.29, 1.82) is 0 Å². The number of allylic oxidation sites excluding steroid dienone is 1. The molecule has 11 heavy (non-hydrogen) atoms. The quantitative estimate of drug-likeness (QED) is 0.403. The summed E-state index contributed by atoms with van der Waals surface area (Å²) < 4.78 is 5.07. The van der Waals surface area contributed by atoms with E-state index in [1.165, 1.54) is 0 Å². The Morgan fingerprint density at radius 3 is 3.09 bits per heavy atom. The molecule has 62 valence electrons. The molecule has 0 aliphatic heterocycles. The van der Waals surface area contributed by atoms with E-state index < -0.39 is 0 Å². The lowest BCUT2D eigenvalue weighted by atomic mass is 10.1. The number of ether oxygens (including phenoxy) is 1. The Morgan fingerprint density at radius 1 is 1.73 bits per heavy atom. The molecule has 1 unspecified atom stereocenters. The lowest BCUT2D eigenvalue weighted by Crippen LogP contribution is -2.18. The number of carbonyl (C=O) groups excluding carboxylic acids is 1. The fourth-order valence-corrected chi connectivity index (χ4v) is 1.21. The molecule has 0 saturated carbocycles. The second-order valence-electron chi connectivity index (χ2n) is 2.52. The number of alkyl halides is 1. The van der Waals surface area contributed by atoms with Gasteiger partial charge in [0.1, 0.15) is 11.4 Å². The Labute approximate surface area is 74.7 Å². The van der Waals surface area contributed by atoms with Crippen LogP contribution in [0.5, 0.6) is 0 Å². The van der Waals surface area contributed by atoms with Gasteiger partial charge in [0.05, 0.1) is 0 Å². The van der Waals surface area contributed by atoms with Gasteiger partial charge in [0.2, 0.25) is 0 Å². The topological polar surface area (TPSA) is 26.3 Å². The lowest BCUT2D eigenvalue weighted by molar-refractivity contribution is -0.143. The average Bonchev–Trinajstić information content (AvgIpc) is 2.06. The number of rotatable bonds is 2. The van der Waals surface area contributed by atoms with Gasteiger partial charge in [0.25, 0.3) is 0 Å². The molecule has 1 aliphatic carbocycles. The van der Waals surface area contributed by atoms with E-state index in [9.17, 15) is 4.79 Å². The maximum Gasteiger partial charge on any atom is 0.317 e. The summed E-state index contributed by atoms with van der Waals surface area (Å²) in [7, 11) is 0. The van der Waals surface area contributed by atoms with Gasteiger partial charge in [0, 0.05) is 0 Å². The van der Waals surface area contributed by atoms with Crippen LogP contribution in [0.4, 0.5) is 0 Å². The Kier molecular flexibility index (Phi) is 3.63. The zero-order chi connectivity index (χ0) is 8.10. The minimum absolute atomic E-state index is 0.0220. The maximum absolute atomic E-state index is 10.8. The first-order valence-electron chi connectivity index (χ1n) is 3.75. The molecule has 0 bridgehead atoms. The van der Waals surface area contributed by atoms with Crippen LogP contribution < -0.4 is 0 Å². The number of hydrogen-bond acceptors (Lipinski definition) is 2. The fourth-order valence-electron chi connectivity index (χ4n) is 1.08. The molecule has 0 saturated heterocycles. The first-order valence-corrected chi connectivity index (χ1v) is 4.87. The number of halogens is 1. The van der Waals surface area contributed by atoms with Crippen molar-refractivity contribution in [3.63, 3.8) is 0 Å². The molecule has 2 nitrogen and oxygen atoms in total. The smallest absolute Gasteiger partial charge is 0.317 e. The highest BCUT2D eigenvalue weighted by molar-refractivity contribution is 9.09. The van der Waals surface area contributed by atoms with Crippen molar-refractivity contribution in [3.8, 4) is 0 Å². The van der Waals surface area contributed by atoms with Gasteiger partial charge in [-0.25, -0.2) is 0 Å². The van der Waals surface area contributed by atoms with Crippen LogP contribution in [0.1, 0.15) is 19.3 Å². The zero-order valence-electron chi connectivity index (χ0n) is 6.25. The highest BCUT2D eigenvalue weighted by Crippen LogP contribution is 2.13. The Hall–Kier alpha value is -0.310. The van der Waals surface area contributed by atoms with E-state index in [4.69, 9.17) is 4.74 Å². The Bertz CT molecular complexity index is 165. The number of hydrogen-bond donors (Lipinski definition) is 0. The van der Waals surface area contributed by atoms with Crippen LogP contribution in [0.25, 0.3) is 0 Å². The molecule has 0 amide bonds. The third-order valence-electron chi connectivity index (χ3n) is 1.60. The van der Waals surface area contributed by atoms with Gasteiger partial charge in [-0.3, -0.25) is 4.79 Å². The van der Waals surface area contributed by atoms with E-state index in [2.05, 4.69) is 22.0 Å². The second kappa shape index (κ2) is 4.54. The summed E-state index contributed by atoms with van der Waals surface area (Å²) in [4.78, 5) is 10.8. The molecule has 0 aromatic rings. The third-order valence-corrected chi connectivity index (χ3v) is 2.06. The highest BCUT2D eigenvalue weighted by Gasteiger charge is 2.11. The van der Waals surface area contributed by atoms with Crippen LogP contribution in [0, 0.1) is 0 Å². The summed E-state index contributed by atoms with van der Waals surface area (Å²) in [6, 6.07) is 0. The third kappa shape index (κ3) is 3.06. The summed E-state index contributed by atoms with van der Waals surface area (Å²) in [5.41, 5.74) is 0. The van der Waals surface area contributed by atoms with Crippen LogP contribution in [0.2, 0.25) is 0 Å². The van der Waals surface area contributed by atoms with Gasteiger partial charge < -0.3 is 4.74 Å². The first kappa shape index (κ1) is 8.78. The molecule has 1 rings (SSSR count). The minimum atomic E-state index is -0.179. The van der Waals surface area contributed by atoms with Gasteiger partial charge in [-0.2, -0.15) is 0 Å². The average molecular weight is 219 g/mol. The number of esters is 1. The van der Waals surface area contributed by atoms with Crippen molar-refractivity contribution in [1.82, 2.24) is 0 Å². The predicted octanol–water partition coefficient (Wildman–Crippen LogP) is 2.03. The summed E-state index contributed by atoms with van der Waals surface area (Å²) in [5, 5.41) is 0.289. The second-order valence-corrected chi connectivity index (χ2v) is 3.08. The zero-order valence-corrected chi connectivity index (χ0v) is 7.84. The van der Waals surface area contributed by atoms with Gasteiger partial charge in [-0.05, 0) is 25.3 Å². The monoisotopic (exact) mass is 218 g/mol. The molecule has 3 heteroatoms. The molecular weight excluding hydrogens is 208 g/mol. The normalized spacial score (nSPS) is 23.2. The van der Waals surface area contributed by atoms with Crippen LogP contribution in [-0.2, 0) is 9.53 Å². The molecule has 0 radical (unpaired) electrons. The predicted molar refractivity (Wildman–Crippen MR) is 46.7 cm³/mol. The molecule has 1 atom stereocenters. The molecule has 0 N–H and O–H groups in total. The van der Waals surface area contributed by atoms with Crippen LogP contribution in [0.3, 0.4) is 0 Å². The van der Waals surface area contributed by atoms with E-state index in [1.54, 1.807) is 0 Å². The summed E-state index contributed by atoms with van der Waals surface area (Å²) in [6.07, 6.45) is 7.25.